The maximum atomic E-state index is 11.6. The minimum atomic E-state index is -0.490. The quantitative estimate of drug-likeness (QED) is 0.778. The second-order valence-corrected chi connectivity index (χ2v) is 4.50. The van der Waals surface area contributed by atoms with Crippen LogP contribution in [0.2, 0.25) is 0 Å². The van der Waals surface area contributed by atoms with Crippen LogP contribution in [0.25, 0.3) is 10.1 Å². The van der Waals surface area contributed by atoms with Gasteiger partial charge in [-0.1, -0.05) is 18.2 Å². The highest BCUT2D eigenvalue weighted by molar-refractivity contribution is 7.17. The van der Waals surface area contributed by atoms with Gasteiger partial charge in [0.1, 0.15) is 0 Å². The summed E-state index contributed by atoms with van der Waals surface area (Å²) in [6, 6.07) is 7.48. The largest absolute Gasteiger partial charge is 0.370 e. The number of guanidine groups is 1. The van der Waals surface area contributed by atoms with Crippen molar-refractivity contribution in [2.75, 3.05) is 0 Å². The Balaban J connectivity index is 2.16. The molecule has 1 unspecified atom stereocenters. The molecule has 1 atom stereocenters. The fraction of sp³-hybridized carbons (Fsp3) is 0.0909. The third-order valence-electron chi connectivity index (χ3n) is 2.57. The molecular formula is C11H9N3OS. The van der Waals surface area contributed by atoms with E-state index in [2.05, 4.69) is 10.3 Å². The van der Waals surface area contributed by atoms with Crippen molar-refractivity contribution in [3.8, 4) is 0 Å². The summed E-state index contributed by atoms with van der Waals surface area (Å²) in [5.74, 6) is 0.0475. The summed E-state index contributed by atoms with van der Waals surface area (Å²) in [7, 11) is 0. The molecule has 0 saturated heterocycles. The lowest BCUT2D eigenvalue weighted by atomic mass is 10.1. The van der Waals surface area contributed by atoms with E-state index in [-0.39, 0.29) is 11.9 Å². The Morgan fingerprint density at radius 2 is 2.19 bits per heavy atom. The number of carbonyl (C=O) groups excluding carboxylic acids is 1. The monoisotopic (exact) mass is 231 g/mol. The third kappa shape index (κ3) is 1.29. The number of fused-ring (bicyclic) bond motifs is 1. The molecule has 5 heteroatoms. The number of aliphatic imine (C=N–C) groups is 1. The molecule has 0 spiro atoms. The second kappa shape index (κ2) is 3.31. The molecule has 1 aromatic heterocycles. The van der Waals surface area contributed by atoms with Gasteiger partial charge in [-0.15, -0.1) is 11.3 Å². The molecule has 2 aromatic rings. The predicted molar refractivity (Wildman–Crippen MR) is 64.3 cm³/mol. The fourth-order valence-electron chi connectivity index (χ4n) is 1.85. The molecule has 3 N–H and O–H groups in total. The highest BCUT2D eigenvalue weighted by Gasteiger charge is 2.28. The van der Waals surface area contributed by atoms with Crippen LogP contribution in [0, 0.1) is 0 Å². The number of thiophene rings is 1. The summed E-state index contributed by atoms with van der Waals surface area (Å²) in [6.07, 6.45) is 0. The van der Waals surface area contributed by atoms with Crippen LogP contribution in [-0.4, -0.2) is 11.9 Å². The minimum Gasteiger partial charge on any atom is -0.370 e. The third-order valence-corrected chi connectivity index (χ3v) is 3.56. The van der Waals surface area contributed by atoms with Crippen LogP contribution in [0.3, 0.4) is 0 Å². The Morgan fingerprint density at radius 1 is 1.38 bits per heavy atom. The molecule has 1 aromatic carbocycles. The van der Waals surface area contributed by atoms with Gasteiger partial charge in [-0.25, -0.2) is 4.99 Å². The van der Waals surface area contributed by atoms with Crippen LogP contribution in [0.1, 0.15) is 11.6 Å². The Labute approximate surface area is 95.8 Å². The number of nitrogens with two attached hydrogens (primary N) is 1. The van der Waals surface area contributed by atoms with Gasteiger partial charge in [0.15, 0.2) is 12.0 Å². The Morgan fingerprint density at radius 3 is 2.94 bits per heavy atom. The standard InChI is InChI=1S/C11H9N3OS/c12-11-13-9(10(15)14-11)7-5-16-8-4-2-1-3-6(7)8/h1-5,9H,(H3,12,13,14,15). The molecule has 1 aliphatic heterocycles. The SMILES string of the molecule is NC1=NC(c2csc3ccccc23)C(=O)N1. The molecule has 16 heavy (non-hydrogen) atoms. The van der Waals surface area contributed by atoms with Crippen molar-refractivity contribution in [1.29, 1.82) is 0 Å². The van der Waals surface area contributed by atoms with Crippen LogP contribution in [0.4, 0.5) is 0 Å². The molecular weight excluding hydrogens is 222 g/mol. The first-order valence-electron chi connectivity index (χ1n) is 4.86. The fourth-order valence-corrected chi connectivity index (χ4v) is 2.83. The van der Waals surface area contributed by atoms with Gasteiger partial charge in [0.05, 0.1) is 0 Å². The van der Waals surface area contributed by atoms with E-state index in [1.165, 1.54) is 0 Å². The van der Waals surface area contributed by atoms with Crippen molar-refractivity contribution in [3.05, 3.63) is 35.2 Å². The molecule has 0 fully saturated rings. The molecule has 80 valence electrons. The highest BCUT2D eigenvalue weighted by Crippen LogP contribution is 2.33. The molecule has 3 rings (SSSR count). The number of benzene rings is 1. The van der Waals surface area contributed by atoms with E-state index in [9.17, 15) is 4.79 Å². The lowest BCUT2D eigenvalue weighted by Gasteiger charge is -2.02. The van der Waals surface area contributed by atoms with E-state index in [4.69, 9.17) is 5.73 Å². The maximum absolute atomic E-state index is 11.6. The number of nitrogens with one attached hydrogen (secondary N) is 1. The molecule has 0 aliphatic carbocycles. The molecule has 0 bridgehead atoms. The summed E-state index contributed by atoms with van der Waals surface area (Å²) >= 11 is 1.61. The average Bonchev–Trinajstić information content (AvgIpc) is 2.81. The van der Waals surface area contributed by atoms with Crippen molar-refractivity contribution in [3.63, 3.8) is 0 Å². The minimum absolute atomic E-state index is 0.152. The van der Waals surface area contributed by atoms with Crippen LogP contribution in [-0.2, 0) is 4.79 Å². The average molecular weight is 231 g/mol. The molecule has 1 amide bonds. The van der Waals surface area contributed by atoms with Crippen molar-refractivity contribution >= 4 is 33.3 Å². The first kappa shape index (κ1) is 9.35. The number of amides is 1. The molecule has 1 aliphatic rings. The van der Waals surface area contributed by atoms with E-state index >= 15 is 0 Å². The van der Waals surface area contributed by atoms with E-state index in [0.29, 0.717) is 0 Å². The van der Waals surface area contributed by atoms with E-state index < -0.39 is 6.04 Å². The van der Waals surface area contributed by atoms with Gasteiger partial charge in [0, 0.05) is 10.3 Å². The number of hydrogen-bond donors (Lipinski definition) is 2. The summed E-state index contributed by atoms with van der Waals surface area (Å²) in [4.78, 5) is 15.7. The lowest BCUT2D eigenvalue weighted by molar-refractivity contribution is -0.120. The number of nitrogens with zero attached hydrogens (tertiary/aromatic N) is 1. The summed E-state index contributed by atoms with van der Waals surface area (Å²) in [6.45, 7) is 0. The second-order valence-electron chi connectivity index (χ2n) is 3.59. The van der Waals surface area contributed by atoms with Gasteiger partial charge in [-0.05, 0) is 16.8 Å². The van der Waals surface area contributed by atoms with Gasteiger partial charge in [-0.2, -0.15) is 0 Å². The Hall–Kier alpha value is -1.88. The van der Waals surface area contributed by atoms with Gasteiger partial charge in [-0.3, -0.25) is 10.1 Å². The van der Waals surface area contributed by atoms with Crippen molar-refractivity contribution in [2.45, 2.75) is 6.04 Å². The van der Waals surface area contributed by atoms with Crippen molar-refractivity contribution in [1.82, 2.24) is 5.32 Å². The van der Waals surface area contributed by atoms with Crippen LogP contribution in [0.5, 0.6) is 0 Å². The predicted octanol–water partition coefficient (Wildman–Crippen LogP) is 1.39. The van der Waals surface area contributed by atoms with Crippen LogP contribution >= 0.6 is 11.3 Å². The van der Waals surface area contributed by atoms with E-state index in [0.717, 1.165) is 15.6 Å². The van der Waals surface area contributed by atoms with Crippen LogP contribution < -0.4 is 11.1 Å². The van der Waals surface area contributed by atoms with Crippen molar-refractivity contribution in [2.24, 2.45) is 10.7 Å². The molecule has 2 heterocycles. The zero-order valence-electron chi connectivity index (χ0n) is 8.31. The first-order valence-corrected chi connectivity index (χ1v) is 5.74. The van der Waals surface area contributed by atoms with Gasteiger partial charge in [0.2, 0.25) is 0 Å². The Bertz CT molecular complexity index is 602. The van der Waals surface area contributed by atoms with Gasteiger partial charge in [0.25, 0.3) is 5.91 Å². The summed E-state index contributed by atoms with van der Waals surface area (Å²) in [5, 5.41) is 5.56. The zero-order chi connectivity index (χ0) is 11.1. The maximum Gasteiger partial charge on any atom is 0.256 e. The zero-order valence-corrected chi connectivity index (χ0v) is 9.12. The van der Waals surface area contributed by atoms with E-state index in [1.807, 2.05) is 29.6 Å². The smallest absolute Gasteiger partial charge is 0.256 e. The number of rotatable bonds is 1. The normalized spacial score (nSPS) is 19.9. The number of hydrogen-bond acceptors (Lipinski definition) is 4. The summed E-state index contributed by atoms with van der Waals surface area (Å²) in [5.41, 5.74) is 6.42. The van der Waals surface area contributed by atoms with Crippen molar-refractivity contribution < 1.29 is 4.79 Å². The Kier molecular flexibility index (Phi) is 1.94. The molecule has 0 saturated carbocycles. The van der Waals surface area contributed by atoms with Gasteiger partial charge >= 0.3 is 0 Å². The van der Waals surface area contributed by atoms with Gasteiger partial charge < -0.3 is 5.73 Å². The summed E-state index contributed by atoms with van der Waals surface area (Å²) < 4.78 is 1.16. The molecule has 4 nitrogen and oxygen atoms in total. The lowest BCUT2D eigenvalue weighted by Crippen LogP contribution is -2.31. The van der Waals surface area contributed by atoms with E-state index in [1.54, 1.807) is 11.3 Å². The first-order chi connectivity index (χ1) is 7.75. The topological polar surface area (TPSA) is 67.5 Å². The van der Waals surface area contributed by atoms with Crippen LogP contribution in [0.15, 0.2) is 34.6 Å². The highest BCUT2D eigenvalue weighted by atomic mass is 32.1. The number of carbonyl (C=O) groups is 1. The molecule has 0 radical (unpaired) electrons.